The lowest BCUT2D eigenvalue weighted by molar-refractivity contribution is -0.140. The lowest BCUT2D eigenvalue weighted by Gasteiger charge is -2.21. The van der Waals surface area contributed by atoms with Crippen LogP contribution in [0.5, 0.6) is 5.75 Å². The van der Waals surface area contributed by atoms with Crippen LogP contribution in [0.25, 0.3) is 0 Å². The summed E-state index contributed by atoms with van der Waals surface area (Å²) in [5.41, 5.74) is 1.03. The summed E-state index contributed by atoms with van der Waals surface area (Å²) in [7, 11) is 1.61. The van der Waals surface area contributed by atoms with Crippen LogP contribution in [0.15, 0.2) is 23.1 Å². The third-order valence-corrected chi connectivity index (χ3v) is 4.05. The van der Waals surface area contributed by atoms with Gasteiger partial charge in [0.05, 0.1) is 13.5 Å². The van der Waals surface area contributed by atoms with Gasteiger partial charge >= 0.3 is 0 Å². The number of nitrogens with zero attached hydrogens (tertiary/aromatic N) is 1. The number of aliphatic hydroxyl groups is 2. The zero-order valence-corrected chi connectivity index (χ0v) is 11.5. The van der Waals surface area contributed by atoms with Gasteiger partial charge in [-0.3, -0.25) is 4.79 Å². The van der Waals surface area contributed by atoms with Crippen molar-refractivity contribution in [2.45, 2.75) is 24.2 Å². The zero-order valence-electron chi connectivity index (χ0n) is 10.7. The molecule has 0 spiro atoms. The van der Waals surface area contributed by atoms with Gasteiger partial charge < -0.3 is 19.8 Å². The van der Waals surface area contributed by atoms with E-state index in [1.165, 1.54) is 0 Å². The van der Waals surface area contributed by atoms with Gasteiger partial charge in [-0.05, 0) is 23.8 Å². The van der Waals surface area contributed by atoms with E-state index in [1.807, 2.05) is 18.2 Å². The second-order valence-electron chi connectivity index (χ2n) is 4.32. The maximum absolute atomic E-state index is 11.9. The Morgan fingerprint density at radius 1 is 1.53 bits per heavy atom. The number of methoxy groups -OCH3 is 1. The molecule has 0 atom stereocenters. The fourth-order valence-corrected chi connectivity index (χ4v) is 3.00. The Balaban J connectivity index is 2.16. The summed E-state index contributed by atoms with van der Waals surface area (Å²) in [4.78, 5) is 14.7. The van der Waals surface area contributed by atoms with Gasteiger partial charge in [0.2, 0.25) is 5.91 Å². The Morgan fingerprint density at radius 2 is 2.32 bits per heavy atom. The van der Waals surface area contributed by atoms with E-state index < -0.39 is 6.29 Å². The molecule has 5 nitrogen and oxygen atoms in total. The number of thioether (sulfide) groups is 1. The van der Waals surface area contributed by atoms with Crippen molar-refractivity contribution in [1.29, 1.82) is 0 Å². The molecule has 0 saturated carbocycles. The van der Waals surface area contributed by atoms with Crippen molar-refractivity contribution >= 4 is 17.7 Å². The van der Waals surface area contributed by atoms with Crippen molar-refractivity contribution in [3.05, 3.63) is 23.8 Å². The van der Waals surface area contributed by atoms with E-state index >= 15 is 0 Å². The molecule has 0 radical (unpaired) electrons. The van der Waals surface area contributed by atoms with Crippen LogP contribution in [-0.2, 0) is 11.3 Å². The molecule has 0 unspecified atom stereocenters. The molecule has 1 aromatic rings. The van der Waals surface area contributed by atoms with E-state index in [0.717, 1.165) is 22.0 Å². The number of amides is 1. The van der Waals surface area contributed by atoms with Gasteiger partial charge in [-0.1, -0.05) is 0 Å². The second-order valence-corrected chi connectivity index (χ2v) is 5.46. The molecule has 19 heavy (non-hydrogen) atoms. The monoisotopic (exact) mass is 283 g/mol. The molecule has 1 amide bonds. The summed E-state index contributed by atoms with van der Waals surface area (Å²) in [5.74, 6) is 1.31. The van der Waals surface area contributed by atoms with Gasteiger partial charge in [0.25, 0.3) is 0 Å². The van der Waals surface area contributed by atoms with Crippen molar-refractivity contribution in [2.75, 3.05) is 19.4 Å². The van der Waals surface area contributed by atoms with Gasteiger partial charge in [0.1, 0.15) is 5.75 Å². The van der Waals surface area contributed by atoms with Crippen molar-refractivity contribution in [3.63, 3.8) is 0 Å². The first kappa shape index (κ1) is 14.2. The van der Waals surface area contributed by atoms with Crippen LogP contribution in [0.4, 0.5) is 0 Å². The first-order chi connectivity index (χ1) is 9.10. The summed E-state index contributed by atoms with van der Waals surface area (Å²) in [6.45, 7) is 1.08. The molecule has 1 aromatic carbocycles. The zero-order chi connectivity index (χ0) is 13.8. The van der Waals surface area contributed by atoms with Crippen LogP contribution in [-0.4, -0.2) is 46.7 Å². The Morgan fingerprint density at radius 3 is 3.00 bits per heavy atom. The number of benzene rings is 1. The van der Waals surface area contributed by atoms with E-state index in [0.29, 0.717) is 13.1 Å². The lowest BCUT2D eigenvalue weighted by atomic mass is 10.2. The molecule has 6 heteroatoms. The van der Waals surface area contributed by atoms with Crippen molar-refractivity contribution in [3.8, 4) is 5.75 Å². The molecule has 0 saturated heterocycles. The Kier molecular flexibility index (Phi) is 4.68. The molecule has 1 aliphatic rings. The maximum atomic E-state index is 11.9. The molecule has 0 aliphatic carbocycles. The number of carbonyl (C=O) groups excluding carboxylic acids is 1. The summed E-state index contributed by atoms with van der Waals surface area (Å²) >= 11 is 1.69. The smallest absolute Gasteiger partial charge is 0.228 e. The Labute approximate surface area is 116 Å². The molecule has 1 aliphatic heterocycles. The SMILES string of the molecule is COc1ccc2c(c1)CN(C(=O)CC(O)O)CCS2. The highest BCUT2D eigenvalue weighted by Crippen LogP contribution is 2.30. The number of rotatable bonds is 3. The average Bonchev–Trinajstić information content (AvgIpc) is 2.59. The largest absolute Gasteiger partial charge is 0.497 e. The summed E-state index contributed by atoms with van der Waals surface area (Å²) < 4.78 is 5.19. The molecule has 0 aromatic heterocycles. The number of hydrogen-bond donors (Lipinski definition) is 2. The van der Waals surface area contributed by atoms with Crippen LogP contribution < -0.4 is 4.74 Å². The minimum absolute atomic E-state index is 0.244. The van der Waals surface area contributed by atoms with Crippen molar-refractivity contribution in [2.24, 2.45) is 0 Å². The molecular formula is C13H17NO4S. The first-order valence-electron chi connectivity index (χ1n) is 6.04. The molecule has 1 heterocycles. The van der Waals surface area contributed by atoms with Gasteiger partial charge in [-0.2, -0.15) is 0 Å². The van der Waals surface area contributed by atoms with Crippen LogP contribution in [0, 0.1) is 0 Å². The summed E-state index contributed by atoms with van der Waals surface area (Å²) in [6, 6.07) is 5.82. The van der Waals surface area contributed by atoms with E-state index in [-0.39, 0.29) is 12.3 Å². The van der Waals surface area contributed by atoms with Crippen LogP contribution in [0.2, 0.25) is 0 Å². The normalized spacial score (nSPS) is 15.1. The molecule has 2 N–H and O–H groups in total. The minimum Gasteiger partial charge on any atom is -0.497 e. The predicted molar refractivity (Wildman–Crippen MR) is 72.0 cm³/mol. The summed E-state index contributed by atoms with van der Waals surface area (Å²) in [6.07, 6.45) is -1.85. The molecule has 0 bridgehead atoms. The highest BCUT2D eigenvalue weighted by atomic mass is 32.2. The van der Waals surface area contributed by atoms with E-state index in [9.17, 15) is 4.79 Å². The number of ether oxygens (including phenoxy) is 1. The number of hydrogen-bond acceptors (Lipinski definition) is 5. The topological polar surface area (TPSA) is 70.0 Å². The van der Waals surface area contributed by atoms with Crippen molar-refractivity contribution in [1.82, 2.24) is 4.90 Å². The van der Waals surface area contributed by atoms with Crippen LogP contribution in [0.3, 0.4) is 0 Å². The average molecular weight is 283 g/mol. The third-order valence-electron chi connectivity index (χ3n) is 2.96. The molecule has 104 valence electrons. The third kappa shape index (κ3) is 3.62. The fraction of sp³-hybridized carbons (Fsp3) is 0.462. The van der Waals surface area contributed by atoms with Crippen LogP contribution in [0.1, 0.15) is 12.0 Å². The van der Waals surface area contributed by atoms with Gasteiger partial charge in [-0.15, -0.1) is 11.8 Å². The predicted octanol–water partition coefficient (Wildman–Crippen LogP) is 0.830. The first-order valence-corrected chi connectivity index (χ1v) is 7.02. The van der Waals surface area contributed by atoms with E-state index in [4.69, 9.17) is 14.9 Å². The van der Waals surface area contributed by atoms with E-state index in [1.54, 1.807) is 23.8 Å². The molecule has 0 fully saturated rings. The standard InChI is InChI=1S/C13H17NO4S/c1-18-10-2-3-11-9(6-10)8-14(4-5-19-11)12(15)7-13(16)17/h2-3,6,13,16-17H,4-5,7-8H2,1H3. The van der Waals surface area contributed by atoms with Gasteiger partial charge in [0, 0.05) is 23.7 Å². The quantitative estimate of drug-likeness (QED) is 0.804. The number of carbonyl (C=O) groups is 1. The summed E-state index contributed by atoms with van der Waals surface area (Å²) in [5, 5.41) is 17.8. The van der Waals surface area contributed by atoms with E-state index in [2.05, 4.69) is 0 Å². The number of fused-ring (bicyclic) bond motifs is 1. The highest BCUT2D eigenvalue weighted by Gasteiger charge is 2.21. The lowest BCUT2D eigenvalue weighted by Crippen LogP contribution is -2.33. The minimum atomic E-state index is -1.59. The Bertz CT molecular complexity index is 464. The van der Waals surface area contributed by atoms with Gasteiger partial charge in [-0.25, -0.2) is 0 Å². The fourth-order valence-electron chi connectivity index (χ4n) is 2.00. The van der Waals surface area contributed by atoms with Gasteiger partial charge in [0.15, 0.2) is 6.29 Å². The maximum Gasteiger partial charge on any atom is 0.228 e. The highest BCUT2D eigenvalue weighted by molar-refractivity contribution is 7.99. The van der Waals surface area contributed by atoms with Crippen molar-refractivity contribution < 1.29 is 19.7 Å². The van der Waals surface area contributed by atoms with Crippen LogP contribution >= 0.6 is 11.8 Å². The molecule has 2 rings (SSSR count). The second kappa shape index (κ2) is 6.27. The number of aliphatic hydroxyl groups excluding tert-OH is 1. The molecular weight excluding hydrogens is 266 g/mol. The Hall–Kier alpha value is -1.24.